The number of hydrogen-bond acceptors (Lipinski definition) is 3. The molecule has 23 heavy (non-hydrogen) atoms. The van der Waals surface area contributed by atoms with Crippen molar-refractivity contribution in [3.63, 3.8) is 0 Å². The summed E-state index contributed by atoms with van der Waals surface area (Å²) in [4.78, 5) is 16.5. The molecule has 4 nitrogen and oxygen atoms in total. The lowest BCUT2D eigenvalue weighted by Crippen LogP contribution is -2.22. The number of nitrogens with one attached hydrogen (secondary N) is 2. The first-order valence-electron chi connectivity index (χ1n) is 7.28. The minimum atomic E-state index is -0.136. The fraction of sp³-hybridized carbons (Fsp3) is 0.111. The summed E-state index contributed by atoms with van der Waals surface area (Å²) in [5.41, 5.74) is 3.26. The topological polar surface area (TPSA) is 54.0 Å². The van der Waals surface area contributed by atoms with Gasteiger partial charge in [-0.1, -0.05) is 35.9 Å². The maximum atomic E-state index is 12.1. The van der Waals surface area contributed by atoms with Gasteiger partial charge in [0.15, 0.2) is 0 Å². The molecule has 0 radical (unpaired) electrons. The predicted molar refractivity (Wildman–Crippen MR) is 95.1 cm³/mol. The largest absolute Gasteiger partial charge is 0.374 e. The highest BCUT2D eigenvalue weighted by Crippen LogP contribution is 2.23. The second kappa shape index (κ2) is 6.67. The first-order chi connectivity index (χ1) is 11.1. The molecular formula is C18H16ClN3O. The number of fused-ring (bicyclic) bond motifs is 1. The lowest BCUT2D eigenvalue weighted by Gasteiger charge is -2.11. The van der Waals surface area contributed by atoms with Gasteiger partial charge in [-0.25, -0.2) is 0 Å². The van der Waals surface area contributed by atoms with Crippen LogP contribution in [0.15, 0.2) is 54.7 Å². The second-order valence-corrected chi connectivity index (χ2v) is 5.60. The van der Waals surface area contributed by atoms with E-state index in [9.17, 15) is 4.79 Å². The first-order valence-corrected chi connectivity index (χ1v) is 7.65. The molecule has 0 bridgehead atoms. The second-order valence-electron chi connectivity index (χ2n) is 5.19. The average Bonchev–Trinajstić information content (AvgIpc) is 2.57. The average molecular weight is 326 g/mol. The number of pyridine rings is 1. The zero-order valence-corrected chi connectivity index (χ0v) is 13.4. The third-order valence-corrected chi connectivity index (χ3v) is 4.02. The van der Waals surface area contributed by atoms with Gasteiger partial charge in [-0.05, 0) is 36.8 Å². The van der Waals surface area contributed by atoms with Crippen LogP contribution in [0.2, 0.25) is 5.02 Å². The van der Waals surface area contributed by atoms with Crippen LogP contribution < -0.4 is 10.6 Å². The maximum Gasteiger partial charge on any atom is 0.243 e. The van der Waals surface area contributed by atoms with E-state index in [1.54, 1.807) is 12.3 Å². The van der Waals surface area contributed by atoms with Crippen LogP contribution in [0.25, 0.3) is 10.9 Å². The quantitative estimate of drug-likeness (QED) is 0.754. The van der Waals surface area contributed by atoms with E-state index in [0.717, 1.165) is 27.8 Å². The monoisotopic (exact) mass is 325 g/mol. The molecule has 0 aliphatic rings. The van der Waals surface area contributed by atoms with Gasteiger partial charge in [-0.2, -0.15) is 0 Å². The van der Waals surface area contributed by atoms with E-state index in [1.807, 2.05) is 49.4 Å². The number of nitrogens with zero attached hydrogens (tertiary/aromatic N) is 1. The molecule has 1 aromatic heterocycles. The Balaban J connectivity index is 1.70. The van der Waals surface area contributed by atoms with Crippen molar-refractivity contribution in [1.29, 1.82) is 0 Å². The van der Waals surface area contributed by atoms with Crippen LogP contribution in [0.4, 0.5) is 11.4 Å². The van der Waals surface area contributed by atoms with E-state index < -0.39 is 0 Å². The van der Waals surface area contributed by atoms with Crippen LogP contribution in [-0.2, 0) is 4.79 Å². The Morgan fingerprint density at radius 2 is 1.83 bits per heavy atom. The number of rotatable bonds is 4. The Labute approximate surface area is 139 Å². The summed E-state index contributed by atoms with van der Waals surface area (Å²) in [6, 6.07) is 15.2. The van der Waals surface area contributed by atoms with Crippen molar-refractivity contribution in [2.24, 2.45) is 0 Å². The van der Waals surface area contributed by atoms with E-state index in [2.05, 4.69) is 15.6 Å². The van der Waals surface area contributed by atoms with Crippen LogP contribution in [0.3, 0.4) is 0 Å². The number of aromatic nitrogens is 1. The Kier molecular flexibility index (Phi) is 4.44. The van der Waals surface area contributed by atoms with Gasteiger partial charge in [-0.3, -0.25) is 9.78 Å². The van der Waals surface area contributed by atoms with Crippen molar-refractivity contribution in [2.75, 3.05) is 17.2 Å². The Morgan fingerprint density at radius 3 is 2.70 bits per heavy atom. The van der Waals surface area contributed by atoms with Crippen molar-refractivity contribution in [1.82, 2.24) is 4.98 Å². The van der Waals surface area contributed by atoms with Crippen LogP contribution in [-0.4, -0.2) is 17.4 Å². The van der Waals surface area contributed by atoms with Crippen LogP contribution in [0.5, 0.6) is 0 Å². The van der Waals surface area contributed by atoms with E-state index in [-0.39, 0.29) is 12.5 Å². The SMILES string of the molecule is Cc1c(Cl)cccc1NC(=O)CNc1cccc2cccnc12. The Hall–Kier alpha value is -2.59. The number of benzene rings is 2. The third kappa shape index (κ3) is 3.43. The highest BCUT2D eigenvalue weighted by molar-refractivity contribution is 6.31. The lowest BCUT2D eigenvalue weighted by atomic mass is 10.2. The van der Waals surface area contributed by atoms with Crippen LogP contribution in [0, 0.1) is 6.92 Å². The zero-order chi connectivity index (χ0) is 16.2. The summed E-state index contributed by atoms with van der Waals surface area (Å²) in [5, 5.41) is 7.66. The highest BCUT2D eigenvalue weighted by atomic mass is 35.5. The molecule has 116 valence electrons. The molecule has 0 unspecified atom stereocenters. The third-order valence-electron chi connectivity index (χ3n) is 3.61. The maximum absolute atomic E-state index is 12.1. The minimum Gasteiger partial charge on any atom is -0.374 e. The fourth-order valence-corrected chi connectivity index (χ4v) is 2.53. The zero-order valence-electron chi connectivity index (χ0n) is 12.6. The molecule has 2 aromatic carbocycles. The number of hydrogen-bond donors (Lipinski definition) is 2. The highest BCUT2D eigenvalue weighted by Gasteiger charge is 2.08. The number of carbonyl (C=O) groups excluding carboxylic acids is 1. The molecule has 0 atom stereocenters. The van der Waals surface area contributed by atoms with Gasteiger partial charge in [0.25, 0.3) is 0 Å². The summed E-state index contributed by atoms with van der Waals surface area (Å²) in [6.45, 7) is 2.03. The first kappa shape index (κ1) is 15.3. The van der Waals surface area contributed by atoms with Crippen molar-refractivity contribution in [2.45, 2.75) is 6.92 Å². The minimum absolute atomic E-state index is 0.136. The molecule has 5 heteroatoms. The van der Waals surface area contributed by atoms with E-state index in [4.69, 9.17) is 11.6 Å². The molecule has 0 saturated heterocycles. The Morgan fingerprint density at radius 1 is 1.09 bits per heavy atom. The van der Waals surface area contributed by atoms with Crippen molar-refractivity contribution in [3.05, 3.63) is 65.3 Å². The molecule has 3 aromatic rings. The van der Waals surface area contributed by atoms with Gasteiger partial charge >= 0.3 is 0 Å². The van der Waals surface area contributed by atoms with Gasteiger partial charge in [-0.15, -0.1) is 0 Å². The molecule has 0 fully saturated rings. The van der Waals surface area contributed by atoms with Gasteiger partial charge in [0.1, 0.15) is 0 Å². The lowest BCUT2D eigenvalue weighted by molar-refractivity contribution is -0.114. The van der Waals surface area contributed by atoms with Crippen LogP contribution in [0.1, 0.15) is 5.56 Å². The summed E-state index contributed by atoms with van der Waals surface area (Å²) < 4.78 is 0. The number of para-hydroxylation sites is 1. The van der Waals surface area contributed by atoms with Crippen LogP contribution >= 0.6 is 11.6 Å². The standard InChI is InChI=1S/C18H16ClN3O/c1-12-14(19)7-3-8-15(12)22-17(23)11-21-16-9-2-5-13-6-4-10-20-18(13)16/h2-10,21H,11H2,1H3,(H,22,23). The van der Waals surface area contributed by atoms with E-state index in [0.29, 0.717) is 5.02 Å². The molecule has 0 aliphatic carbocycles. The molecule has 1 heterocycles. The molecule has 1 amide bonds. The molecule has 0 spiro atoms. The molecule has 0 saturated carbocycles. The molecule has 2 N–H and O–H groups in total. The summed E-state index contributed by atoms with van der Waals surface area (Å²) in [7, 11) is 0. The molecular weight excluding hydrogens is 310 g/mol. The van der Waals surface area contributed by atoms with Crippen molar-refractivity contribution >= 4 is 39.8 Å². The van der Waals surface area contributed by atoms with Gasteiger partial charge in [0.2, 0.25) is 5.91 Å². The molecule has 3 rings (SSSR count). The van der Waals surface area contributed by atoms with Gasteiger partial charge in [0.05, 0.1) is 17.7 Å². The fourth-order valence-electron chi connectivity index (χ4n) is 2.36. The van der Waals surface area contributed by atoms with Crippen molar-refractivity contribution < 1.29 is 4.79 Å². The smallest absolute Gasteiger partial charge is 0.243 e. The normalized spacial score (nSPS) is 10.5. The summed E-state index contributed by atoms with van der Waals surface area (Å²) in [6.07, 6.45) is 1.74. The summed E-state index contributed by atoms with van der Waals surface area (Å²) >= 11 is 6.06. The van der Waals surface area contributed by atoms with E-state index >= 15 is 0 Å². The number of anilines is 2. The van der Waals surface area contributed by atoms with Crippen molar-refractivity contribution in [3.8, 4) is 0 Å². The molecule has 0 aliphatic heterocycles. The number of amides is 1. The number of carbonyl (C=O) groups is 1. The predicted octanol–water partition coefficient (Wildman–Crippen LogP) is 4.25. The summed E-state index contributed by atoms with van der Waals surface area (Å²) in [5.74, 6) is -0.136. The number of halogens is 1. The van der Waals surface area contributed by atoms with E-state index in [1.165, 1.54) is 0 Å². The van der Waals surface area contributed by atoms with Gasteiger partial charge in [0, 0.05) is 22.3 Å². The van der Waals surface area contributed by atoms with Gasteiger partial charge < -0.3 is 10.6 Å². The Bertz CT molecular complexity index is 859.